The number of phosphoric acid groups is 1. The Morgan fingerprint density at radius 3 is 1.18 bits per heavy atom. The second kappa shape index (κ2) is 60.3. The molecule has 0 aromatic rings. The van der Waals surface area contributed by atoms with Crippen LogP contribution in [0.4, 0.5) is 0 Å². The molecular weight excluding hydrogens is 996 g/mol. The van der Waals surface area contributed by atoms with E-state index in [0.717, 1.165) is 83.5 Å². The number of amides is 1. The number of aliphatic hydroxyl groups excluding tert-OH is 1. The highest BCUT2D eigenvalue weighted by molar-refractivity contribution is 7.45. The molecule has 0 aliphatic heterocycles. The Kier molecular flexibility index (Phi) is 58.5. The Hall–Kier alpha value is -2.32. The normalized spacial score (nSPS) is 14.3. The number of carbonyl (C=O) groups excluding carboxylic acids is 1. The van der Waals surface area contributed by atoms with Crippen LogP contribution in [0.15, 0.2) is 85.1 Å². The van der Waals surface area contributed by atoms with E-state index in [9.17, 15) is 19.4 Å². The second-order valence-corrected chi connectivity index (χ2v) is 25.2. The van der Waals surface area contributed by atoms with E-state index in [2.05, 4.69) is 92.1 Å². The van der Waals surface area contributed by atoms with Gasteiger partial charge in [-0.1, -0.05) is 304 Å². The molecule has 0 radical (unpaired) electrons. The van der Waals surface area contributed by atoms with Crippen molar-refractivity contribution in [3.05, 3.63) is 85.1 Å². The molecule has 0 aromatic heterocycles. The van der Waals surface area contributed by atoms with Gasteiger partial charge in [-0.15, -0.1) is 0 Å². The van der Waals surface area contributed by atoms with Crippen molar-refractivity contribution in [1.82, 2.24) is 5.32 Å². The van der Waals surface area contributed by atoms with Crippen molar-refractivity contribution in [2.45, 2.75) is 315 Å². The molecule has 0 heterocycles. The minimum Gasteiger partial charge on any atom is -0.756 e. The lowest BCUT2D eigenvalue weighted by atomic mass is 10.0. The van der Waals surface area contributed by atoms with Gasteiger partial charge in [0, 0.05) is 6.42 Å². The first-order valence-electron chi connectivity index (χ1n) is 33.4. The van der Waals surface area contributed by atoms with Crippen LogP contribution in [0, 0.1) is 0 Å². The molecule has 0 saturated heterocycles. The third kappa shape index (κ3) is 63.1. The number of nitrogens with zero attached hydrogens (tertiary/aromatic N) is 1. The molecular formula is C70H129N2O6P. The van der Waals surface area contributed by atoms with Crippen LogP contribution in [-0.4, -0.2) is 68.5 Å². The fourth-order valence-electron chi connectivity index (χ4n) is 9.67. The van der Waals surface area contributed by atoms with Crippen molar-refractivity contribution in [3.63, 3.8) is 0 Å². The van der Waals surface area contributed by atoms with Crippen LogP contribution in [0.3, 0.4) is 0 Å². The molecule has 3 unspecified atom stereocenters. The summed E-state index contributed by atoms with van der Waals surface area (Å²) in [7, 11) is 1.24. The Bertz CT molecular complexity index is 1560. The summed E-state index contributed by atoms with van der Waals surface area (Å²) in [4.78, 5) is 25.6. The number of aliphatic hydroxyl groups is 1. The molecule has 8 nitrogen and oxygen atoms in total. The predicted octanol–water partition coefficient (Wildman–Crippen LogP) is 20.5. The topological polar surface area (TPSA) is 108 Å². The molecule has 0 spiro atoms. The van der Waals surface area contributed by atoms with Crippen LogP contribution >= 0.6 is 7.82 Å². The first-order chi connectivity index (χ1) is 38.5. The number of phosphoric ester groups is 1. The molecule has 0 aliphatic rings. The number of nitrogens with one attached hydrogen (secondary N) is 1. The standard InChI is InChI=1S/C70H129N2O6P/c1-6-8-10-12-14-16-18-20-22-24-26-28-30-32-33-34-35-36-37-38-40-41-43-45-47-49-51-53-55-57-59-61-63-69(73)68(67-78-79(75,76)77-66-65-72(3,4)5)71-70(74)64-62-60-58-56-54-52-50-48-46-44-42-39-31-29-27-25-23-21-19-17-15-13-11-9-7-2/h9,11,15,17,21,23,27,29,39,42,53,55,61,63,68-69,73H,6-8,10,12-14,16,18-20,22,24-26,28,30-38,40-41,43-52,54,56-60,62,64-67H2,1-5H3,(H-,71,74,75,76)/b11-9-,17-15-,23-21-,29-27-,42-39-,55-53+,63-61+. The number of rotatable bonds is 61. The molecule has 3 atom stereocenters. The number of allylic oxidation sites excluding steroid dienone is 13. The maximum atomic E-state index is 13.0. The van der Waals surface area contributed by atoms with E-state index in [1.807, 2.05) is 27.2 Å². The van der Waals surface area contributed by atoms with Crippen molar-refractivity contribution in [3.8, 4) is 0 Å². The summed E-state index contributed by atoms with van der Waals surface area (Å²) >= 11 is 0. The minimum absolute atomic E-state index is 0.0111. The van der Waals surface area contributed by atoms with Gasteiger partial charge in [0.2, 0.25) is 5.91 Å². The molecule has 9 heteroatoms. The second-order valence-electron chi connectivity index (χ2n) is 23.8. The van der Waals surface area contributed by atoms with Crippen molar-refractivity contribution >= 4 is 13.7 Å². The van der Waals surface area contributed by atoms with Gasteiger partial charge in [-0.3, -0.25) is 9.36 Å². The highest BCUT2D eigenvalue weighted by atomic mass is 31.2. The third-order valence-corrected chi connectivity index (χ3v) is 15.8. The maximum absolute atomic E-state index is 13.0. The van der Waals surface area contributed by atoms with E-state index in [1.54, 1.807) is 6.08 Å². The largest absolute Gasteiger partial charge is 0.756 e. The highest BCUT2D eigenvalue weighted by Crippen LogP contribution is 2.38. The average Bonchev–Trinajstić information content (AvgIpc) is 3.42. The maximum Gasteiger partial charge on any atom is 0.268 e. The molecule has 0 bridgehead atoms. The third-order valence-electron chi connectivity index (χ3n) is 14.8. The number of hydrogen-bond donors (Lipinski definition) is 2. The Morgan fingerprint density at radius 2 is 0.785 bits per heavy atom. The summed E-state index contributed by atoms with van der Waals surface area (Å²) in [5, 5.41) is 13.9. The summed E-state index contributed by atoms with van der Waals surface area (Å²) in [6.07, 6.45) is 85.6. The van der Waals surface area contributed by atoms with Crippen LogP contribution < -0.4 is 10.2 Å². The van der Waals surface area contributed by atoms with Gasteiger partial charge in [-0.2, -0.15) is 0 Å². The molecule has 0 saturated carbocycles. The van der Waals surface area contributed by atoms with E-state index in [0.29, 0.717) is 17.4 Å². The van der Waals surface area contributed by atoms with Gasteiger partial charge < -0.3 is 28.8 Å². The summed E-state index contributed by atoms with van der Waals surface area (Å²) in [5.74, 6) is -0.214. The predicted molar refractivity (Wildman–Crippen MR) is 343 cm³/mol. The molecule has 79 heavy (non-hydrogen) atoms. The van der Waals surface area contributed by atoms with Gasteiger partial charge >= 0.3 is 0 Å². The van der Waals surface area contributed by atoms with Crippen LogP contribution in [0.1, 0.15) is 303 Å². The first-order valence-corrected chi connectivity index (χ1v) is 34.9. The van der Waals surface area contributed by atoms with Crippen LogP contribution in [0.2, 0.25) is 0 Å². The summed E-state index contributed by atoms with van der Waals surface area (Å²) in [6, 6.07) is -0.914. The quantitative estimate of drug-likeness (QED) is 0.0272. The molecule has 0 fully saturated rings. The molecule has 1 amide bonds. The zero-order valence-electron chi connectivity index (χ0n) is 52.6. The highest BCUT2D eigenvalue weighted by Gasteiger charge is 2.23. The van der Waals surface area contributed by atoms with E-state index >= 15 is 0 Å². The Labute approximate surface area is 490 Å². The summed E-state index contributed by atoms with van der Waals surface area (Å²) in [5.41, 5.74) is 0. The zero-order chi connectivity index (χ0) is 57.7. The van der Waals surface area contributed by atoms with Crippen LogP contribution in [0.5, 0.6) is 0 Å². The number of quaternary nitrogens is 1. The van der Waals surface area contributed by atoms with Crippen molar-refractivity contribution in [2.75, 3.05) is 40.9 Å². The van der Waals surface area contributed by atoms with Gasteiger partial charge in [0.05, 0.1) is 39.9 Å². The van der Waals surface area contributed by atoms with Crippen molar-refractivity contribution in [2.24, 2.45) is 0 Å². The lowest BCUT2D eigenvalue weighted by Crippen LogP contribution is -2.45. The van der Waals surface area contributed by atoms with Crippen molar-refractivity contribution in [1.29, 1.82) is 0 Å². The van der Waals surface area contributed by atoms with Gasteiger partial charge in [0.1, 0.15) is 13.2 Å². The fourth-order valence-corrected chi connectivity index (χ4v) is 10.4. The fraction of sp³-hybridized carbons (Fsp3) is 0.786. The first kappa shape index (κ1) is 76.7. The van der Waals surface area contributed by atoms with E-state index < -0.39 is 26.6 Å². The Balaban J connectivity index is 4.15. The van der Waals surface area contributed by atoms with E-state index in [4.69, 9.17) is 9.05 Å². The summed E-state index contributed by atoms with van der Waals surface area (Å²) in [6.45, 7) is 4.54. The number of carbonyl (C=O) groups is 1. The number of unbranched alkanes of at least 4 members (excludes halogenated alkanes) is 36. The van der Waals surface area contributed by atoms with Gasteiger partial charge in [-0.25, -0.2) is 0 Å². The van der Waals surface area contributed by atoms with Gasteiger partial charge in [-0.05, 0) is 77.0 Å². The lowest BCUT2D eigenvalue weighted by molar-refractivity contribution is -0.870. The SMILES string of the molecule is CC/C=C\C/C=C\C/C=C\C/C=C\C/C=C\CCCCCCCCCCCC(=O)NC(COP(=O)([O-])OCC[N+](C)(C)C)C(O)/C=C/CC/C=C/CCCCCCCCCCCCCCCCCCCCCCCCCCCC. The molecule has 0 aromatic carbocycles. The Morgan fingerprint density at radius 1 is 0.456 bits per heavy atom. The summed E-state index contributed by atoms with van der Waals surface area (Å²) < 4.78 is 23.4. The minimum atomic E-state index is -4.62. The lowest BCUT2D eigenvalue weighted by Gasteiger charge is -2.29. The van der Waals surface area contributed by atoms with Crippen LogP contribution in [-0.2, 0) is 18.4 Å². The van der Waals surface area contributed by atoms with Crippen molar-refractivity contribution < 1.29 is 32.9 Å². The monoisotopic (exact) mass is 1120 g/mol. The van der Waals surface area contributed by atoms with Crippen LogP contribution in [0.25, 0.3) is 0 Å². The number of likely N-dealkylation sites (N-methyl/N-ethyl adjacent to an activating group) is 1. The molecule has 0 aliphatic carbocycles. The molecule has 2 N–H and O–H groups in total. The molecule has 0 rings (SSSR count). The van der Waals surface area contributed by atoms with Gasteiger partial charge in [0.25, 0.3) is 7.82 Å². The van der Waals surface area contributed by atoms with E-state index in [1.165, 1.54) is 199 Å². The smallest absolute Gasteiger partial charge is 0.268 e. The average molecular weight is 1130 g/mol. The van der Waals surface area contributed by atoms with E-state index in [-0.39, 0.29) is 12.5 Å². The zero-order valence-corrected chi connectivity index (χ0v) is 53.5. The van der Waals surface area contributed by atoms with Gasteiger partial charge in [0.15, 0.2) is 0 Å². The molecule has 460 valence electrons. The number of hydrogen-bond acceptors (Lipinski definition) is 6.